The number of piperidine rings is 1. The minimum atomic E-state index is -4.49. The second-order valence-corrected chi connectivity index (χ2v) is 4.18. The Kier molecular flexibility index (Phi) is 3.55. The van der Waals surface area contributed by atoms with Crippen molar-refractivity contribution in [3.8, 4) is 0 Å². The molecule has 0 saturated carbocycles. The number of anilines is 2. The van der Waals surface area contributed by atoms with Crippen LogP contribution in [0.3, 0.4) is 0 Å². The number of nitrogens with two attached hydrogens (primary N) is 1. The first-order valence-electron chi connectivity index (χ1n) is 5.64. The molecule has 0 radical (unpaired) electrons. The summed E-state index contributed by atoms with van der Waals surface area (Å²) < 4.78 is 38.3. The number of alkyl halides is 3. The van der Waals surface area contributed by atoms with Gasteiger partial charge in [-0.05, 0) is 19.4 Å². The quantitative estimate of drug-likeness (QED) is 0.746. The van der Waals surface area contributed by atoms with Crippen LogP contribution < -0.4 is 16.4 Å². The van der Waals surface area contributed by atoms with E-state index in [-0.39, 0.29) is 17.8 Å². The maximum Gasteiger partial charge on any atom is 0.421 e. The van der Waals surface area contributed by atoms with Gasteiger partial charge >= 0.3 is 6.18 Å². The molecule has 1 saturated heterocycles. The molecule has 0 amide bonds. The molecule has 100 valence electrons. The normalized spacial score (nSPS) is 20.7. The van der Waals surface area contributed by atoms with E-state index in [9.17, 15) is 13.2 Å². The third kappa shape index (κ3) is 3.00. The zero-order valence-electron chi connectivity index (χ0n) is 9.59. The van der Waals surface area contributed by atoms with E-state index in [0.29, 0.717) is 12.7 Å². The lowest BCUT2D eigenvalue weighted by molar-refractivity contribution is -0.137. The number of nitrogens with one attached hydrogen (secondary N) is 2. The number of aromatic nitrogens is 2. The molecule has 2 rings (SSSR count). The summed E-state index contributed by atoms with van der Waals surface area (Å²) in [6.07, 6.45) is -2.06. The fraction of sp³-hybridized carbons (Fsp3) is 0.600. The zero-order chi connectivity index (χ0) is 13.2. The molecule has 1 aromatic rings. The molecule has 1 aliphatic rings. The fourth-order valence-corrected chi connectivity index (χ4v) is 1.88. The van der Waals surface area contributed by atoms with Crippen molar-refractivity contribution in [2.75, 3.05) is 24.1 Å². The van der Waals surface area contributed by atoms with Crippen LogP contribution >= 0.6 is 0 Å². The summed E-state index contributed by atoms with van der Waals surface area (Å²) in [5.74, 6) is -0.419. The van der Waals surface area contributed by atoms with Gasteiger partial charge in [-0.2, -0.15) is 18.2 Å². The number of nitrogens with zero attached hydrogens (tertiary/aromatic N) is 2. The van der Waals surface area contributed by atoms with Gasteiger partial charge in [0.25, 0.3) is 0 Å². The number of hydrogen-bond donors (Lipinski definition) is 3. The first-order valence-corrected chi connectivity index (χ1v) is 5.64. The lowest BCUT2D eigenvalue weighted by atomic mass is 10.1. The summed E-state index contributed by atoms with van der Waals surface area (Å²) in [4.78, 5) is 7.03. The van der Waals surface area contributed by atoms with Crippen molar-refractivity contribution < 1.29 is 13.2 Å². The highest BCUT2D eigenvalue weighted by Gasteiger charge is 2.35. The zero-order valence-corrected chi connectivity index (χ0v) is 9.59. The predicted molar refractivity (Wildman–Crippen MR) is 61.0 cm³/mol. The summed E-state index contributed by atoms with van der Waals surface area (Å²) in [7, 11) is 0. The van der Waals surface area contributed by atoms with Crippen LogP contribution in [0.1, 0.15) is 18.4 Å². The summed E-state index contributed by atoms with van der Waals surface area (Å²) in [5, 5.41) is 5.89. The van der Waals surface area contributed by atoms with Crippen molar-refractivity contribution in [3.05, 3.63) is 11.8 Å². The van der Waals surface area contributed by atoms with Crippen LogP contribution in [-0.2, 0) is 6.18 Å². The largest absolute Gasteiger partial charge is 0.421 e. The van der Waals surface area contributed by atoms with Gasteiger partial charge in [0.05, 0.1) is 0 Å². The van der Waals surface area contributed by atoms with E-state index < -0.39 is 11.7 Å². The van der Waals surface area contributed by atoms with Crippen LogP contribution in [0.5, 0.6) is 0 Å². The molecule has 1 unspecified atom stereocenters. The van der Waals surface area contributed by atoms with Crippen molar-refractivity contribution in [2.24, 2.45) is 0 Å². The van der Waals surface area contributed by atoms with Crippen LogP contribution in [0.15, 0.2) is 6.20 Å². The molecule has 1 fully saturated rings. The van der Waals surface area contributed by atoms with Gasteiger partial charge < -0.3 is 16.4 Å². The Balaban J connectivity index is 2.21. The number of hydrogen-bond acceptors (Lipinski definition) is 5. The van der Waals surface area contributed by atoms with Crippen molar-refractivity contribution in [1.29, 1.82) is 0 Å². The minimum Gasteiger partial charge on any atom is -0.368 e. The molecule has 0 spiro atoms. The van der Waals surface area contributed by atoms with E-state index in [1.165, 1.54) is 0 Å². The van der Waals surface area contributed by atoms with Gasteiger partial charge in [-0.3, -0.25) is 0 Å². The smallest absolute Gasteiger partial charge is 0.368 e. The maximum absolute atomic E-state index is 12.8. The van der Waals surface area contributed by atoms with Gasteiger partial charge in [0.1, 0.15) is 11.4 Å². The topological polar surface area (TPSA) is 75.9 Å². The number of rotatable bonds is 2. The predicted octanol–water partition coefficient (Wildman–Crippen LogP) is 1.24. The minimum absolute atomic E-state index is 0.0749. The summed E-state index contributed by atoms with van der Waals surface area (Å²) in [6.45, 7) is 1.50. The molecule has 0 bridgehead atoms. The van der Waals surface area contributed by atoms with E-state index in [1.54, 1.807) is 0 Å². The van der Waals surface area contributed by atoms with Crippen LogP contribution in [-0.4, -0.2) is 29.1 Å². The highest BCUT2D eigenvalue weighted by molar-refractivity contribution is 5.48. The van der Waals surface area contributed by atoms with Gasteiger partial charge in [0, 0.05) is 18.8 Å². The highest BCUT2D eigenvalue weighted by atomic mass is 19.4. The lowest BCUT2D eigenvalue weighted by Gasteiger charge is -2.25. The fourth-order valence-electron chi connectivity index (χ4n) is 1.88. The molecule has 4 N–H and O–H groups in total. The molecule has 18 heavy (non-hydrogen) atoms. The molecule has 5 nitrogen and oxygen atoms in total. The van der Waals surface area contributed by atoms with E-state index >= 15 is 0 Å². The van der Waals surface area contributed by atoms with Crippen molar-refractivity contribution >= 4 is 11.8 Å². The molecular weight excluding hydrogens is 247 g/mol. The Morgan fingerprint density at radius 1 is 1.44 bits per heavy atom. The Labute approximate surface area is 102 Å². The average molecular weight is 261 g/mol. The first kappa shape index (κ1) is 12.9. The summed E-state index contributed by atoms with van der Waals surface area (Å²) in [5.41, 5.74) is 4.44. The van der Waals surface area contributed by atoms with Crippen LogP contribution in [0, 0.1) is 0 Å². The lowest BCUT2D eigenvalue weighted by Crippen LogP contribution is -2.39. The van der Waals surface area contributed by atoms with E-state index in [4.69, 9.17) is 5.73 Å². The number of halogens is 3. The van der Waals surface area contributed by atoms with Crippen molar-refractivity contribution in [2.45, 2.75) is 25.1 Å². The van der Waals surface area contributed by atoms with E-state index in [2.05, 4.69) is 20.6 Å². The molecule has 0 aliphatic carbocycles. The Morgan fingerprint density at radius 3 is 2.83 bits per heavy atom. The van der Waals surface area contributed by atoms with E-state index in [0.717, 1.165) is 19.4 Å². The average Bonchev–Trinajstić information content (AvgIpc) is 2.28. The Bertz CT molecular complexity index is 414. The Morgan fingerprint density at radius 2 is 2.22 bits per heavy atom. The van der Waals surface area contributed by atoms with Crippen LogP contribution in [0.25, 0.3) is 0 Å². The molecule has 2 heterocycles. The maximum atomic E-state index is 12.8. The molecule has 0 aromatic carbocycles. The second kappa shape index (κ2) is 4.97. The second-order valence-electron chi connectivity index (χ2n) is 4.18. The SMILES string of the molecule is Nc1ncc(C(F)(F)F)c(NC2CCCNC2)n1. The summed E-state index contributed by atoms with van der Waals surface area (Å²) >= 11 is 0. The van der Waals surface area contributed by atoms with Crippen molar-refractivity contribution in [3.63, 3.8) is 0 Å². The van der Waals surface area contributed by atoms with Gasteiger partial charge in [0.2, 0.25) is 5.95 Å². The van der Waals surface area contributed by atoms with E-state index in [1.807, 2.05) is 0 Å². The van der Waals surface area contributed by atoms with Crippen LogP contribution in [0.2, 0.25) is 0 Å². The van der Waals surface area contributed by atoms with Gasteiger partial charge in [-0.15, -0.1) is 0 Å². The van der Waals surface area contributed by atoms with Crippen LogP contribution in [0.4, 0.5) is 24.9 Å². The molecule has 1 aliphatic heterocycles. The summed E-state index contributed by atoms with van der Waals surface area (Å²) in [6, 6.07) is -0.0749. The third-order valence-corrected chi connectivity index (χ3v) is 2.75. The van der Waals surface area contributed by atoms with Crippen molar-refractivity contribution in [1.82, 2.24) is 15.3 Å². The molecular formula is C10H14F3N5. The molecule has 8 heteroatoms. The Hall–Kier alpha value is -1.57. The third-order valence-electron chi connectivity index (χ3n) is 2.75. The first-order chi connectivity index (χ1) is 8.47. The van der Waals surface area contributed by atoms with Gasteiger partial charge in [-0.1, -0.05) is 0 Å². The van der Waals surface area contributed by atoms with Gasteiger partial charge in [0.15, 0.2) is 0 Å². The molecule has 1 aromatic heterocycles. The monoisotopic (exact) mass is 261 g/mol. The van der Waals surface area contributed by atoms with Gasteiger partial charge in [-0.25, -0.2) is 4.98 Å². The number of nitrogen functional groups attached to an aromatic ring is 1. The molecule has 1 atom stereocenters. The standard InChI is InChI=1S/C10H14F3N5/c11-10(12,13)7-5-16-9(14)18-8(7)17-6-2-1-3-15-4-6/h5-6,15H,1-4H2,(H3,14,16,17,18). The highest BCUT2D eigenvalue weighted by Crippen LogP contribution is 2.34.